The predicted molar refractivity (Wildman–Crippen MR) is 64.1 cm³/mol. The maximum atomic E-state index is 11.4. The van der Waals surface area contributed by atoms with Crippen molar-refractivity contribution in [3.63, 3.8) is 0 Å². The normalized spacial score (nSPS) is 9.67. The topological polar surface area (TPSA) is 101 Å². The molecule has 3 N–H and O–H groups in total. The smallest absolute Gasteiger partial charge is 0.313 e. The Hall–Kier alpha value is -2.15. The zero-order chi connectivity index (χ0) is 13.4. The number of methoxy groups -OCH3 is 1. The van der Waals surface area contributed by atoms with Crippen LogP contribution in [-0.4, -0.2) is 42.2 Å². The number of rotatable bonds is 5. The number of aliphatic hydroxyl groups is 1. The van der Waals surface area contributed by atoms with Gasteiger partial charge in [0.25, 0.3) is 0 Å². The van der Waals surface area contributed by atoms with Crippen molar-refractivity contribution in [3.8, 4) is 5.88 Å². The number of aromatic nitrogens is 1. The van der Waals surface area contributed by atoms with E-state index in [1.165, 1.54) is 13.3 Å². The molecule has 0 aromatic carbocycles. The Balaban J connectivity index is 2.45. The van der Waals surface area contributed by atoms with Gasteiger partial charge in [0.05, 0.1) is 19.0 Å². The van der Waals surface area contributed by atoms with Crippen molar-refractivity contribution in [2.75, 3.05) is 25.6 Å². The molecule has 0 unspecified atom stereocenters. The van der Waals surface area contributed by atoms with E-state index in [-0.39, 0.29) is 13.2 Å². The highest BCUT2D eigenvalue weighted by atomic mass is 16.5. The Labute approximate surface area is 104 Å². The molecule has 0 fully saturated rings. The summed E-state index contributed by atoms with van der Waals surface area (Å²) in [6.45, 7) is 0.216. The molecule has 0 atom stereocenters. The molecule has 0 saturated heterocycles. The predicted octanol–water partition coefficient (Wildman–Crippen LogP) is -0.473. The van der Waals surface area contributed by atoms with E-state index in [0.717, 1.165) is 0 Å². The van der Waals surface area contributed by atoms with E-state index in [4.69, 9.17) is 9.84 Å². The van der Waals surface area contributed by atoms with Crippen LogP contribution in [0.2, 0.25) is 0 Å². The minimum Gasteiger partial charge on any atom is -0.481 e. The van der Waals surface area contributed by atoms with E-state index >= 15 is 0 Å². The SMILES string of the molecule is COc1ccc(NC(=O)C(=O)NCCCO)cn1. The van der Waals surface area contributed by atoms with Gasteiger partial charge >= 0.3 is 11.8 Å². The summed E-state index contributed by atoms with van der Waals surface area (Å²) in [6, 6.07) is 3.14. The number of nitrogens with zero attached hydrogens (tertiary/aromatic N) is 1. The quantitative estimate of drug-likeness (QED) is 0.486. The first kappa shape index (κ1) is 13.9. The maximum absolute atomic E-state index is 11.4. The molecular weight excluding hydrogens is 238 g/mol. The lowest BCUT2D eigenvalue weighted by Gasteiger charge is -2.06. The van der Waals surface area contributed by atoms with E-state index < -0.39 is 11.8 Å². The van der Waals surface area contributed by atoms with Crippen LogP contribution in [0.15, 0.2) is 18.3 Å². The van der Waals surface area contributed by atoms with Crippen LogP contribution >= 0.6 is 0 Å². The summed E-state index contributed by atoms with van der Waals surface area (Å²) in [4.78, 5) is 26.6. The van der Waals surface area contributed by atoms with Crippen molar-refractivity contribution in [2.45, 2.75) is 6.42 Å². The number of anilines is 1. The van der Waals surface area contributed by atoms with Gasteiger partial charge in [-0.2, -0.15) is 0 Å². The highest BCUT2D eigenvalue weighted by molar-refractivity contribution is 6.39. The van der Waals surface area contributed by atoms with Gasteiger partial charge in [0.1, 0.15) is 0 Å². The molecule has 0 saturated carbocycles. The van der Waals surface area contributed by atoms with Crippen LogP contribution in [-0.2, 0) is 9.59 Å². The van der Waals surface area contributed by atoms with Gasteiger partial charge < -0.3 is 20.5 Å². The lowest BCUT2D eigenvalue weighted by Crippen LogP contribution is -2.36. The number of nitrogens with one attached hydrogen (secondary N) is 2. The zero-order valence-electron chi connectivity index (χ0n) is 9.97. The first-order chi connectivity index (χ1) is 8.67. The summed E-state index contributed by atoms with van der Waals surface area (Å²) in [5.41, 5.74) is 0.401. The summed E-state index contributed by atoms with van der Waals surface area (Å²) in [6.07, 6.45) is 1.79. The molecule has 1 aromatic rings. The number of ether oxygens (including phenoxy) is 1. The molecule has 0 aliphatic carbocycles. The summed E-state index contributed by atoms with van der Waals surface area (Å²) in [7, 11) is 1.48. The van der Waals surface area contributed by atoms with Crippen LogP contribution in [0, 0.1) is 0 Å². The summed E-state index contributed by atoms with van der Waals surface area (Å²) in [5, 5.41) is 13.3. The summed E-state index contributed by atoms with van der Waals surface area (Å²) < 4.78 is 4.86. The molecule has 1 rings (SSSR count). The third-order valence-corrected chi connectivity index (χ3v) is 2.03. The highest BCUT2D eigenvalue weighted by Gasteiger charge is 2.12. The van der Waals surface area contributed by atoms with Crippen molar-refractivity contribution in [3.05, 3.63) is 18.3 Å². The second-order valence-electron chi connectivity index (χ2n) is 3.38. The Morgan fingerprint density at radius 1 is 1.39 bits per heavy atom. The van der Waals surface area contributed by atoms with Crippen LogP contribution in [0.5, 0.6) is 5.88 Å². The van der Waals surface area contributed by atoms with Crippen molar-refractivity contribution >= 4 is 17.5 Å². The van der Waals surface area contributed by atoms with Crippen molar-refractivity contribution in [2.24, 2.45) is 0 Å². The fraction of sp³-hybridized carbons (Fsp3) is 0.364. The number of carbonyl (C=O) groups excluding carboxylic acids is 2. The van der Waals surface area contributed by atoms with Crippen molar-refractivity contribution < 1.29 is 19.4 Å². The second-order valence-corrected chi connectivity index (χ2v) is 3.38. The van der Waals surface area contributed by atoms with Gasteiger partial charge in [-0.25, -0.2) is 4.98 Å². The Morgan fingerprint density at radius 3 is 2.72 bits per heavy atom. The van der Waals surface area contributed by atoms with Crippen LogP contribution in [0.25, 0.3) is 0 Å². The van der Waals surface area contributed by atoms with Crippen molar-refractivity contribution in [1.82, 2.24) is 10.3 Å². The molecule has 1 aromatic heterocycles. The van der Waals surface area contributed by atoms with Gasteiger partial charge in [0.15, 0.2) is 0 Å². The van der Waals surface area contributed by atoms with Crippen LogP contribution in [0.4, 0.5) is 5.69 Å². The third-order valence-electron chi connectivity index (χ3n) is 2.03. The molecule has 0 radical (unpaired) electrons. The lowest BCUT2D eigenvalue weighted by atomic mass is 10.4. The number of carbonyl (C=O) groups is 2. The molecule has 98 valence electrons. The first-order valence-electron chi connectivity index (χ1n) is 5.37. The molecule has 7 heteroatoms. The van der Waals surface area contributed by atoms with E-state index in [0.29, 0.717) is 18.0 Å². The summed E-state index contributed by atoms with van der Waals surface area (Å²) in [5.74, 6) is -1.11. The molecule has 0 aliphatic rings. The number of aliphatic hydroxyl groups excluding tert-OH is 1. The lowest BCUT2D eigenvalue weighted by molar-refractivity contribution is -0.136. The van der Waals surface area contributed by atoms with E-state index in [1.54, 1.807) is 12.1 Å². The van der Waals surface area contributed by atoms with Gasteiger partial charge in [-0.05, 0) is 12.5 Å². The van der Waals surface area contributed by atoms with Crippen molar-refractivity contribution in [1.29, 1.82) is 0 Å². The highest BCUT2D eigenvalue weighted by Crippen LogP contribution is 2.10. The van der Waals surface area contributed by atoms with Crippen LogP contribution in [0.3, 0.4) is 0 Å². The fourth-order valence-electron chi connectivity index (χ4n) is 1.12. The van der Waals surface area contributed by atoms with Crippen LogP contribution in [0.1, 0.15) is 6.42 Å². The second kappa shape index (κ2) is 7.23. The van der Waals surface area contributed by atoms with Gasteiger partial charge in [-0.3, -0.25) is 9.59 Å². The Morgan fingerprint density at radius 2 is 2.17 bits per heavy atom. The van der Waals surface area contributed by atoms with E-state index in [1.807, 2.05) is 0 Å². The molecule has 0 spiro atoms. The molecule has 0 bridgehead atoms. The minimum absolute atomic E-state index is 0.0374. The fourth-order valence-corrected chi connectivity index (χ4v) is 1.12. The van der Waals surface area contributed by atoms with Gasteiger partial charge in [0, 0.05) is 19.2 Å². The third kappa shape index (κ3) is 4.38. The maximum Gasteiger partial charge on any atom is 0.313 e. The molecule has 18 heavy (non-hydrogen) atoms. The van der Waals surface area contributed by atoms with E-state index in [9.17, 15) is 9.59 Å². The molecule has 0 aliphatic heterocycles. The number of amides is 2. The average Bonchev–Trinajstić information content (AvgIpc) is 2.39. The standard InChI is InChI=1S/C11H15N3O4/c1-18-9-4-3-8(7-13-9)14-11(17)10(16)12-5-2-6-15/h3-4,7,15H,2,5-6H2,1H3,(H,12,16)(H,14,17). The molecule has 2 amide bonds. The zero-order valence-corrected chi connectivity index (χ0v) is 9.97. The average molecular weight is 253 g/mol. The first-order valence-corrected chi connectivity index (χ1v) is 5.37. The largest absolute Gasteiger partial charge is 0.481 e. The number of pyridine rings is 1. The van der Waals surface area contributed by atoms with E-state index in [2.05, 4.69) is 15.6 Å². The number of hydrogen-bond donors (Lipinski definition) is 3. The minimum atomic E-state index is -0.778. The Bertz CT molecular complexity index is 405. The van der Waals surface area contributed by atoms with Gasteiger partial charge in [0.2, 0.25) is 5.88 Å². The molecule has 1 heterocycles. The molecular formula is C11H15N3O4. The monoisotopic (exact) mass is 253 g/mol. The summed E-state index contributed by atoms with van der Waals surface area (Å²) >= 11 is 0. The number of hydrogen-bond acceptors (Lipinski definition) is 5. The van der Waals surface area contributed by atoms with Gasteiger partial charge in [-0.1, -0.05) is 0 Å². The van der Waals surface area contributed by atoms with Gasteiger partial charge in [-0.15, -0.1) is 0 Å². The molecule has 7 nitrogen and oxygen atoms in total. The Kier molecular flexibility index (Phi) is 5.59. The van der Waals surface area contributed by atoms with Crippen LogP contribution < -0.4 is 15.4 Å².